The van der Waals surface area contributed by atoms with Crippen molar-refractivity contribution in [1.82, 2.24) is 19.5 Å². The van der Waals surface area contributed by atoms with Crippen LogP contribution < -0.4 is 0 Å². The molecule has 0 aliphatic heterocycles. The average molecular weight is 631 g/mol. The van der Waals surface area contributed by atoms with E-state index in [1.54, 1.807) is 11.3 Å². The molecule has 0 fully saturated rings. The van der Waals surface area contributed by atoms with Crippen molar-refractivity contribution < 1.29 is 0 Å². The van der Waals surface area contributed by atoms with E-state index >= 15 is 0 Å². The van der Waals surface area contributed by atoms with E-state index in [-0.39, 0.29) is 0 Å². The first kappa shape index (κ1) is 27.0. The Morgan fingerprint density at radius 3 is 1.98 bits per heavy atom. The zero-order valence-corrected chi connectivity index (χ0v) is 26.5. The molecule has 3 aromatic heterocycles. The largest absolute Gasteiger partial charge is 0.308 e. The third-order valence-corrected chi connectivity index (χ3v) is 10.4. The van der Waals surface area contributed by atoms with E-state index < -0.39 is 0 Å². The number of fused-ring (bicyclic) bond motifs is 8. The zero-order valence-electron chi connectivity index (χ0n) is 25.7. The molecule has 0 unspecified atom stereocenters. The Kier molecular flexibility index (Phi) is 6.01. The maximum Gasteiger partial charge on any atom is 0.166 e. The SMILES string of the molecule is c1ccc(-c2nc(-c3ccc4c(c3)sc3ccccc34)nc(-c3ccccc3-n3c4ccccc4c4c5ccccc5ccc43)n2)cc1. The molecule has 5 heteroatoms. The highest BCUT2D eigenvalue weighted by Gasteiger charge is 2.20. The summed E-state index contributed by atoms with van der Waals surface area (Å²) in [6.07, 6.45) is 0. The summed E-state index contributed by atoms with van der Waals surface area (Å²) in [4.78, 5) is 15.4. The Labute approximate surface area is 280 Å². The van der Waals surface area contributed by atoms with Gasteiger partial charge in [-0.15, -0.1) is 11.3 Å². The molecule has 224 valence electrons. The lowest BCUT2D eigenvalue weighted by Crippen LogP contribution is -2.03. The van der Waals surface area contributed by atoms with E-state index in [0.29, 0.717) is 17.5 Å². The first-order chi connectivity index (χ1) is 23.8. The molecule has 0 radical (unpaired) electrons. The number of para-hydroxylation sites is 2. The third kappa shape index (κ3) is 4.18. The molecule has 0 aliphatic rings. The number of nitrogens with zero attached hydrogens (tertiary/aromatic N) is 4. The fraction of sp³-hybridized carbons (Fsp3) is 0. The van der Waals surface area contributed by atoms with Gasteiger partial charge in [-0.2, -0.15) is 0 Å². The van der Waals surface area contributed by atoms with E-state index in [0.717, 1.165) is 33.4 Å². The van der Waals surface area contributed by atoms with Gasteiger partial charge in [0.2, 0.25) is 0 Å². The first-order valence-corrected chi connectivity index (χ1v) is 16.9. The van der Waals surface area contributed by atoms with Gasteiger partial charge in [-0.25, -0.2) is 15.0 Å². The van der Waals surface area contributed by atoms with Crippen molar-refractivity contribution >= 4 is 64.1 Å². The van der Waals surface area contributed by atoms with Gasteiger partial charge in [-0.1, -0.05) is 121 Å². The maximum atomic E-state index is 5.21. The molecular weight excluding hydrogens is 605 g/mol. The van der Waals surface area contributed by atoms with Crippen LogP contribution in [0.4, 0.5) is 0 Å². The second kappa shape index (κ2) is 10.7. The van der Waals surface area contributed by atoms with E-state index in [4.69, 9.17) is 15.0 Å². The van der Waals surface area contributed by atoms with Crippen LogP contribution in [-0.2, 0) is 0 Å². The summed E-state index contributed by atoms with van der Waals surface area (Å²) in [5.74, 6) is 1.94. The Balaban J connectivity index is 1.23. The van der Waals surface area contributed by atoms with Gasteiger partial charge >= 0.3 is 0 Å². The molecule has 0 atom stereocenters. The summed E-state index contributed by atoms with van der Waals surface area (Å²) in [6, 6.07) is 55.5. The van der Waals surface area contributed by atoms with E-state index in [9.17, 15) is 0 Å². The molecule has 0 amide bonds. The van der Waals surface area contributed by atoms with Crippen LogP contribution >= 0.6 is 11.3 Å². The normalized spacial score (nSPS) is 11.8. The standard InChI is InChI=1S/C43H26N4S/c1-2-13-28(14-3-1)41-44-42(29-22-24-32-31-16-8-11-21-38(31)48-39(32)26-29)46-43(45-41)34-18-7-10-20-36(34)47-35-19-9-6-17-33(35)40-30-15-5-4-12-27(30)23-25-37(40)47/h1-26H. The van der Waals surface area contributed by atoms with Crippen LogP contribution in [0.1, 0.15) is 0 Å². The Morgan fingerprint density at radius 1 is 0.417 bits per heavy atom. The van der Waals surface area contributed by atoms with E-state index in [1.165, 1.54) is 41.7 Å². The summed E-state index contributed by atoms with van der Waals surface area (Å²) in [5.41, 5.74) is 6.17. The van der Waals surface area contributed by atoms with Crippen LogP contribution in [0.5, 0.6) is 0 Å². The van der Waals surface area contributed by atoms with Crippen molar-refractivity contribution in [2.24, 2.45) is 0 Å². The first-order valence-electron chi connectivity index (χ1n) is 16.0. The van der Waals surface area contributed by atoms with Crippen molar-refractivity contribution in [3.8, 4) is 39.9 Å². The fourth-order valence-electron chi connectivity index (χ4n) is 7.06. The lowest BCUT2D eigenvalue weighted by atomic mass is 10.0. The van der Waals surface area contributed by atoms with Gasteiger partial charge in [-0.3, -0.25) is 0 Å². The number of hydrogen-bond acceptors (Lipinski definition) is 4. The molecule has 0 bridgehead atoms. The molecular formula is C43H26N4S. The molecule has 0 spiro atoms. The molecule has 0 N–H and O–H groups in total. The monoisotopic (exact) mass is 630 g/mol. The van der Waals surface area contributed by atoms with E-state index in [1.807, 2.05) is 18.2 Å². The van der Waals surface area contributed by atoms with Gasteiger partial charge in [-0.05, 0) is 47.2 Å². The molecule has 48 heavy (non-hydrogen) atoms. The van der Waals surface area contributed by atoms with Crippen LogP contribution in [-0.4, -0.2) is 19.5 Å². The second-order valence-electron chi connectivity index (χ2n) is 12.0. The molecule has 7 aromatic carbocycles. The highest BCUT2D eigenvalue weighted by atomic mass is 32.1. The van der Waals surface area contributed by atoms with Crippen LogP contribution in [0, 0.1) is 0 Å². The van der Waals surface area contributed by atoms with Gasteiger partial charge < -0.3 is 4.57 Å². The number of aromatic nitrogens is 4. The Hall–Kier alpha value is -6.17. The minimum Gasteiger partial charge on any atom is -0.308 e. The molecule has 10 aromatic rings. The van der Waals surface area contributed by atoms with Gasteiger partial charge in [0.25, 0.3) is 0 Å². The van der Waals surface area contributed by atoms with Crippen molar-refractivity contribution in [1.29, 1.82) is 0 Å². The van der Waals surface area contributed by atoms with E-state index in [2.05, 4.69) is 144 Å². The van der Waals surface area contributed by atoms with Gasteiger partial charge in [0.15, 0.2) is 17.5 Å². The lowest BCUT2D eigenvalue weighted by molar-refractivity contribution is 1.06. The van der Waals surface area contributed by atoms with Crippen molar-refractivity contribution in [2.75, 3.05) is 0 Å². The smallest absolute Gasteiger partial charge is 0.166 e. The molecule has 0 saturated carbocycles. The predicted molar refractivity (Wildman–Crippen MR) is 201 cm³/mol. The number of hydrogen-bond donors (Lipinski definition) is 0. The van der Waals surface area contributed by atoms with Crippen molar-refractivity contribution in [3.05, 3.63) is 158 Å². The molecule has 0 saturated heterocycles. The quantitative estimate of drug-likeness (QED) is 0.194. The van der Waals surface area contributed by atoms with Crippen LogP contribution in [0.15, 0.2) is 158 Å². The molecule has 0 aliphatic carbocycles. The van der Waals surface area contributed by atoms with Crippen molar-refractivity contribution in [3.63, 3.8) is 0 Å². The molecule has 3 heterocycles. The average Bonchev–Trinajstić information content (AvgIpc) is 3.70. The summed E-state index contributed by atoms with van der Waals surface area (Å²) < 4.78 is 4.86. The van der Waals surface area contributed by atoms with Crippen LogP contribution in [0.2, 0.25) is 0 Å². The number of rotatable bonds is 4. The maximum absolute atomic E-state index is 5.21. The zero-order chi connectivity index (χ0) is 31.6. The summed E-state index contributed by atoms with van der Waals surface area (Å²) in [6.45, 7) is 0. The molecule has 4 nitrogen and oxygen atoms in total. The second-order valence-corrected chi connectivity index (χ2v) is 13.1. The van der Waals surface area contributed by atoms with Crippen LogP contribution in [0.3, 0.4) is 0 Å². The Bertz CT molecular complexity index is 2850. The van der Waals surface area contributed by atoms with Gasteiger partial charge in [0.05, 0.1) is 16.7 Å². The van der Waals surface area contributed by atoms with Gasteiger partial charge in [0, 0.05) is 47.6 Å². The minimum absolute atomic E-state index is 0.637. The number of benzene rings is 7. The summed E-state index contributed by atoms with van der Waals surface area (Å²) in [7, 11) is 0. The van der Waals surface area contributed by atoms with Crippen LogP contribution in [0.25, 0.3) is 92.6 Å². The summed E-state index contributed by atoms with van der Waals surface area (Å²) in [5, 5.41) is 7.46. The van der Waals surface area contributed by atoms with Crippen molar-refractivity contribution in [2.45, 2.75) is 0 Å². The third-order valence-electron chi connectivity index (χ3n) is 9.25. The highest BCUT2D eigenvalue weighted by Crippen LogP contribution is 2.40. The molecule has 10 rings (SSSR count). The predicted octanol–water partition coefficient (Wildman–Crippen LogP) is 11.5. The summed E-state index contributed by atoms with van der Waals surface area (Å²) >= 11 is 1.80. The number of thiophene rings is 1. The lowest BCUT2D eigenvalue weighted by Gasteiger charge is -2.14. The van der Waals surface area contributed by atoms with Gasteiger partial charge in [0.1, 0.15) is 0 Å². The fourth-order valence-corrected chi connectivity index (χ4v) is 8.21. The Morgan fingerprint density at radius 2 is 1.08 bits per heavy atom. The topological polar surface area (TPSA) is 43.6 Å². The highest BCUT2D eigenvalue weighted by molar-refractivity contribution is 7.25. The minimum atomic E-state index is 0.637.